The molecule has 2 aromatic carbocycles. The molecule has 0 aliphatic carbocycles. The number of aromatic nitrogens is 1. The lowest BCUT2D eigenvalue weighted by molar-refractivity contribution is 0.102. The second kappa shape index (κ2) is 7.91. The van der Waals surface area contributed by atoms with E-state index in [1.807, 2.05) is 63.2 Å². The van der Waals surface area contributed by atoms with Gasteiger partial charge in [0.15, 0.2) is 0 Å². The van der Waals surface area contributed by atoms with Crippen molar-refractivity contribution < 1.29 is 9.53 Å². The summed E-state index contributed by atoms with van der Waals surface area (Å²) >= 11 is 0. The van der Waals surface area contributed by atoms with Crippen molar-refractivity contribution in [3.05, 3.63) is 77.1 Å². The molecule has 138 valence electrons. The monoisotopic (exact) mass is 361 g/mol. The number of carbonyl (C=O) groups is 1. The average Bonchev–Trinajstić information content (AvgIpc) is 2.65. The predicted molar refractivity (Wildman–Crippen MR) is 109 cm³/mol. The number of ether oxygens (including phenoxy) is 1. The Balaban J connectivity index is 1.80. The molecule has 0 fully saturated rings. The maximum Gasteiger partial charge on any atom is 0.274 e. The number of hydrogen-bond donors (Lipinski definition) is 2. The Hall–Kier alpha value is -3.34. The minimum absolute atomic E-state index is 0.252. The maximum absolute atomic E-state index is 12.6. The third-order valence-corrected chi connectivity index (χ3v) is 4.39. The molecule has 1 heterocycles. The average molecular weight is 361 g/mol. The smallest absolute Gasteiger partial charge is 0.274 e. The number of amides is 1. The van der Waals surface area contributed by atoms with Crippen molar-refractivity contribution in [1.29, 1.82) is 0 Å². The molecule has 2 N–H and O–H groups in total. The fraction of sp³-hybridized carbons (Fsp3) is 0.182. The lowest BCUT2D eigenvalue weighted by atomic mass is 10.1. The van der Waals surface area contributed by atoms with Crippen molar-refractivity contribution in [2.75, 3.05) is 17.7 Å². The highest BCUT2D eigenvalue weighted by atomic mass is 16.5. The van der Waals surface area contributed by atoms with E-state index in [2.05, 4.69) is 15.6 Å². The van der Waals surface area contributed by atoms with Crippen molar-refractivity contribution in [3.8, 4) is 5.75 Å². The molecule has 0 saturated carbocycles. The number of benzene rings is 2. The minimum atomic E-state index is -0.252. The number of carbonyl (C=O) groups excluding carboxylic acids is 1. The van der Waals surface area contributed by atoms with Crippen LogP contribution in [0.2, 0.25) is 0 Å². The topological polar surface area (TPSA) is 63.2 Å². The number of pyridine rings is 1. The molecule has 3 rings (SSSR count). The van der Waals surface area contributed by atoms with Crippen LogP contribution in [-0.4, -0.2) is 18.0 Å². The molecule has 27 heavy (non-hydrogen) atoms. The summed E-state index contributed by atoms with van der Waals surface area (Å²) in [5, 5.41) is 6.19. The molecule has 3 aromatic rings. The molecular formula is C22H23N3O2. The van der Waals surface area contributed by atoms with Gasteiger partial charge >= 0.3 is 0 Å². The first kappa shape index (κ1) is 18.5. The molecule has 5 nitrogen and oxygen atoms in total. The number of anilines is 3. The zero-order chi connectivity index (χ0) is 19.4. The van der Waals surface area contributed by atoms with E-state index in [4.69, 9.17) is 4.74 Å². The van der Waals surface area contributed by atoms with Gasteiger partial charge in [0.2, 0.25) is 0 Å². The van der Waals surface area contributed by atoms with Crippen molar-refractivity contribution in [2.24, 2.45) is 0 Å². The predicted octanol–water partition coefficient (Wildman–Crippen LogP) is 5.01. The molecule has 0 radical (unpaired) electrons. The number of nitrogens with one attached hydrogen (secondary N) is 2. The molecular weight excluding hydrogens is 338 g/mol. The quantitative estimate of drug-likeness (QED) is 0.670. The fourth-order valence-electron chi connectivity index (χ4n) is 2.72. The summed E-state index contributed by atoms with van der Waals surface area (Å²) in [4.78, 5) is 16.8. The normalized spacial score (nSPS) is 10.4. The van der Waals surface area contributed by atoms with Crippen LogP contribution in [0.4, 0.5) is 17.1 Å². The SMILES string of the molecule is COc1ccc(C)cc1Nc1ccnc(C(=O)Nc2ccc(C)c(C)c2)c1. The van der Waals surface area contributed by atoms with Gasteiger partial charge in [-0.1, -0.05) is 12.1 Å². The summed E-state index contributed by atoms with van der Waals surface area (Å²) in [6.45, 7) is 6.07. The highest BCUT2D eigenvalue weighted by Crippen LogP contribution is 2.28. The van der Waals surface area contributed by atoms with Crippen molar-refractivity contribution in [3.63, 3.8) is 0 Å². The largest absolute Gasteiger partial charge is 0.495 e. The van der Waals surface area contributed by atoms with E-state index in [-0.39, 0.29) is 5.91 Å². The van der Waals surface area contributed by atoms with Gasteiger partial charge in [-0.05, 0) is 73.9 Å². The molecule has 0 atom stereocenters. The number of aryl methyl sites for hydroxylation is 3. The molecule has 0 saturated heterocycles. The first-order valence-electron chi connectivity index (χ1n) is 8.72. The molecule has 0 aliphatic rings. The summed E-state index contributed by atoms with van der Waals surface area (Å²) in [5.74, 6) is 0.483. The zero-order valence-electron chi connectivity index (χ0n) is 16.0. The summed E-state index contributed by atoms with van der Waals surface area (Å²) in [6, 6.07) is 15.2. The Morgan fingerprint density at radius 2 is 1.74 bits per heavy atom. The van der Waals surface area contributed by atoms with Gasteiger partial charge in [0.1, 0.15) is 11.4 Å². The molecule has 0 spiro atoms. The van der Waals surface area contributed by atoms with Crippen LogP contribution in [0.25, 0.3) is 0 Å². The second-order valence-corrected chi connectivity index (χ2v) is 6.51. The standard InChI is InChI=1S/C22H23N3O2/c1-14-5-8-21(27-4)19(11-14)24-18-9-10-23-20(13-18)22(26)25-17-7-6-15(2)16(3)12-17/h5-13H,1-4H3,(H,23,24)(H,25,26). The van der Waals surface area contributed by atoms with E-state index >= 15 is 0 Å². The highest BCUT2D eigenvalue weighted by molar-refractivity contribution is 6.03. The van der Waals surface area contributed by atoms with Crippen LogP contribution < -0.4 is 15.4 Å². The van der Waals surface area contributed by atoms with E-state index in [9.17, 15) is 4.79 Å². The second-order valence-electron chi connectivity index (χ2n) is 6.51. The van der Waals surface area contributed by atoms with E-state index in [0.29, 0.717) is 5.69 Å². The van der Waals surface area contributed by atoms with E-state index < -0.39 is 0 Å². The van der Waals surface area contributed by atoms with Crippen LogP contribution in [0, 0.1) is 20.8 Å². The van der Waals surface area contributed by atoms with Crippen LogP contribution in [-0.2, 0) is 0 Å². The van der Waals surface area contributed by atoms with Crippen LogP contribution in [0.3, 0.4) is 0 Å². The molecule has 1 aromatic heterocycles. The Morgan fingerprint density at radius 3 is 2.48 bits per heavy atom. The first-order chi connectivity index (χ1) is 13.0. The molecule has 5 heteroatoms. The summed E-state index contributed by atoms with van der Waals surface area (Å²) in [6.07, 6.45) is 1.61. The van der Waals surface area contributed by atoms with Crippen molar-refractivity contribution >= 4 is 23.0 Å². The lowest BCUT2D eigenvalue weighted by Crippen LogP contribution is -2.14. The third-order valence-electron chi connectivity index (χ3n) is 4.39. The molecule has 0 unspecified atom stereocenters. The number of hydrogen-bond acceptors (Lipinski definition) is 4. The van der Waals surface area contributed by atoms with Gasteiger partial charge in [-0.15, -0.1) is 0 Å². The number of rotatable bonds is 5. The van der Waals surface area contributed by atoms with Crippen molar-refractivity contribution in [2.45, 2.75) is 20.8 Å². The van der Waals surface area contributed by atoms with Crippen molar-refractivity contribution in [1.82, 2.24) is 4.98 Å². The van der Waals surface area contributed by atoms with E-state index in [0.717, 1.165) is 33.9 Å². The lowest BCUT2D eigenvalue weighted by Gasteiger charge is -2.13. The van der Waals surface area contributed by atoms with Gasteiger partial charge < -0.3 is 15.4 Å². The zero-order valence-corrected chi connectivity index (χ0v) is 16.0. The maximum atomic E-state index is 12.6. The van der Waals surface area contributed by atoms with Gasteiger partial charge in [0, 0.05) is 17.6 Å². The molecule has 0 bridgehead atoms. The fourth-order valence-corrected chi connectivity index (χ4v) is 2.72. The molecule has 1 amide bonds. The van der Waals surface area contributed by atoms with E-state index in [1.165, 1.54) is 5.56 Å². The van der Waals surface area contributed by atoms with Gasteiger partial charge in [0.25, 0.3) is 5.91 Å². The third kappa shape index (κ3) is 4.44. The van der Waals surface area contributed by atoms with Crippen LogP contribution in [0.15, 0.2) is 54.7 Å². The summed E-state index contributed by atoms with van der Waals surface area (Å²) < 4.78 is 5.39. The van der Waals surface area contributed by atoms with Gasteiger partial charge in [-0.25, -0.2) is 0 Å². The van der Waals surface area contributed by atoms with Crippen LogP contribution >= 0.6 is 0 Å². The Morgan fingerprint density at radius 1 is 0.926 bits per heavy atom. The van der Waals surface area contributed by atoms with Gasteiger partial charge in [-0.2, -0.15) is 0 Å². The Labute approximate surface area is 159 Å². The highest BCUT2D eigenvalue weighted by Gasteiger charge is 2.10. The summed E-state index contributed by atoms with van der Waals surface area (Å²) in [5.41, 5.74) is 6.11. The minimum Gasteiger partial charge on any atom is -0.495 e. The van der Waals surface area contributed by atoms with Gasteiger partial charge in [0.05, 0.1) is 12.8 Å². The van der Waals surface area contributed by atoms with Gasteiger partial charge in [-0.3, -0.25) is 9.78 Å². The Bertz CT molecular complexity index is 983. The van der Waals surface area contributed by atoms with Crippen LogP contribution in [0.5, 0.6) is 5.75 Å². The number of methoxy groups -OCH3 is 1. The Kier molecular flexibility index (Phi) is 5.41. The number of nitrogens with zero attached hydrogens (tertiary/aromatic N) is 1. The first-order valence-corrected chi connectivity index (χ1v) is 8.72. The van der Waals surface area contributed by atoms with E-state index in [1.54, 1.807) is 19.4 Å². The molecule has 0 aliphatic heterocycles. The summed E-state index contributed by atoms with van der Waals surface area (Å²) in [7, 11) is 1.63. The van der Waals surface area contributed by atoms with Crippen LogP contribution in [0.1, 0.15) is 27.2 Å².